The number of methoxy groups -OCH3 is 1. The third-order valence-corrected chi connectivity index (χ3v) is 3.17. The molecule has 0 bridgehead atoms. The zero-order valence-electron chi connectivity index (χ0n) is 10.1. The predicted octanol–water partition coefficient (Wildman–Crippen LogP) is 2.35. The second kappa shape index (κ2) is 7.46. The highest BCUT2D eigenvalue weighted by Gasteiger charge is 2.03. The van der Waals surface area contributed by atoms with E-state index in [0.29, 0.717) is 5.95 Å². The van der Waals surface area contributed by atoms with Gasteiger partial charge in [0.2, 0.25) is 5.95 Å². The molecule has 5 heteroatoms. The fourth-order valence-electron chi connectivity index (χ4n) is 1.19. The quantitative estimate of drug-likeness (QED) is 0.451. The summed E-state index contributed by atoms with van der Waals surface area (Å²) in [5.74, 6) is 1.74. The van der Waals surface area contributed by atoms with Gasteiger partial charge in [-0.3, -0.25) is 0 Å². The van der Waals surface area contributed by atoms with E-state index in [-0.39, 0.29) is 0 Å². The molecule has 0 unspecified atom stereocenters. The average Bonchev–Trinajstić information content (AvgIpc) is 2.29. The normalized spacial score (nSPS) is 10.4. The van der Waals surface area contributed by atoms with E-state index >= 15 is 0 Å². The lowest BCUT2D eigenvalue weighted by atomic mass is 10.4. The second-order valence-electron chi connectivity index (χ2n) is 3.41. The Balaban J connectivity index is 2.52. The highest BCUT2D eigenvalue weighted by atomic mass is 32.2. The molecule has 0 aliphatic rings. The first-order chi connectivity index (χ1) is 7.77. The summed E-state index contributed by atoms with van der Waals surface area (Å²) in [5, 5.41) is 4.17. The summed E-state index contributed by atoms with van der Waals surface area (Å²) in [6.45, 7) is 5.72. The molecule has 1 N–H and O–H groups in total. The Hall–Kier alpha value is -0.810. The molecule has 0 radical (unpaired) electrons. The maximum Gasteiger partial charge on any atom is 0.223 e. The van der Waals surface area contributed by atoms with Gasteiger partial charge in [0.15, 0.2) is 0 Å². The average molecular weight is 241 g/mol. The SMILES string of the molecule is CCNc1ncc(C)c(SCCCOC)n1. The van der Waals surface area contributed by atoms with Crippen LogP contribution in [0.3, 0.4) is 0 Å². The Morgan fingerprint density at radius 1 is 1.50 bits per heavy atom. The Bertz CT molecular complexity index is 320. The van der Waals surface area contributed by atoms with Gasteiger partial charge in [-0.2, -0.15) is 0 Å². The number of thioether (sulfide) groups is 1. The molecule has 4 nitrogen and oxygen atoms in total. The molecule has 1 rings (SSSR count). The van der Waals surface area contributed by atoms with Crippen molar-refractivity contribution in [2.24, 2.45) is 0 Å². The molecule has 1 aromatic heterocycles. The van der Waals surface area contributed by atoms with Crippen LogP contribution in [0.25, 0.3) is 0 Å². The third-order valence-electron chi connectivity index (χ3n) is 1.99. The summed E-state index contributed by atoms with van der Waals surface area (Å²) >= 11 is 1.76. The van der Waals surface area contributed by atoms with E-state index in [1.54, 1.807) is 18.9 Å². The molecule has 0 atom stereocenters. The molecule has 0 saturated heterocycles. The summed E-state index contributed by atoms with van der Waals surface area (Å²) in [6.07, 6.45) is 2.91. The van der Waals surface area contributed by atoms with Gasteiger partial charge in [0.05, 0.1) is 0 Å². The van der Waals surface area contributed by atoms with Gasteiger partial charge in [0, 0.05) is 32.2 Å². The number of hydrogen-bond donors (Lipinski definition) is 1. The molecule has 0 spiro atoms. The molecule has 0 aliphatic carbocycles. The van der Waals surface area contributed by atoms with Crippen molar-refractivity contribution in [3.8, 4) is 0 Å². The fraction of sp³-hybridized carbons (Fsp3) is 0.636. The van der Waals surface area contributed by atoms with Crippen LogP contribution in [0.2, 0.25) is 0 Å². The van der Waals surface area contributed by atoms with Crippen LogP contribution in [-0.2, 0) is 4.74 Å². The van der Waals surface area contributed by atoms with Crippen molar-refractivity contribution in [1.29, 1.82) is 0 Å². The molecule has 1 aromatic rings. The van der Waals surface area contributed by atoms with Gasteiger partial charge in [0.25, 0.3) is 0 Å². The minimum Gasteiger partial charge on any atom is -0.385 e. The monoisotopic (exact) mass is 241 g/mol. The smallest absolute Gasteiger partial charge is 0.223 e. The summed E-state index contributed by atoms with van der Waals surface area (Å²) in [4.78, 5) is 8.67. The number of aromatic nitrogens is 2. The summed E-state index contributed by atoms with van der Waals surface area (Å²) in [6, 6.07) is 0. The maximum atomic E-state index is 5.01. The van der Waals surface area contributed by atoms with Crippen molar-refractivity contribution >= 4 is 17.7 Å². The summed E-state index contributed by atoms with van der Waals surface area (Å²) in [7, 11) is 1.73. The standard InChI is InChI=1S/C11H19N3OS/c1-4-12-11-13-8-9(2)10(14-11)16-7-5-6-15-3/h8H,4-7H2,1-3H3,(H,12,13,14). The van der Waals surface area contributed by atoms with Crippen molar-refractivity contribution in [1.82, 2.24) is 9.97 Å². The van der Waals surface area contributed by atoms with E-state index in [4.69, 9.17) is 4.74 Å². The lowest BCUT2D eigenvalue weighted by molar-refractivity contribution is 0.200. The van der Waals surface area contributed by atoms with Gasteiger partial charge in [-0.1, -0.05) is 0 Å². The Labute approximate surface area is 101 Å². The first-order valence-electron chi connectivity index (χ1n) is 5.47. The molecule has 0 saturated carbocycles. The number of nitrogens with one attached hydrogen (secondary N) is 1. The van der Waals surface area contributed by atoms with E-state index in [1.807, 2.05) is 20.0 Å². The number of aryl methyl sites for hydroxylation is 1. The van der Waals surface area contributed by atoms with E-state index in [0.717, 1.165) is 35.9 Å². The molecule has 0 amide bonds. The van der Waals surface area contributed by atoms with E-state index < -0.39 is 0 Å². The number of nitrogens with zero attached hydrogens (tertiary/aromatic N) is 2. The van der Waals surface area contributed by atoms with Gasteiger partial charge in [-0.05, 0) is 25.8 Å². The zero-order chi connectivity index (χ0) is 11.8. The molecule has 90 valence electrons. The van der Waals surface area contributed by atoms with Crippen LogP contribution in [0.1, 0.15) is 18.9 Å². The summed E-state index contributed by atoms with van der Waals surface area (Å²) < 4.78 is 5.01. The molecule has 1 heterocycles. The minimum atomic E-state index is 0.711. The Morgan fingerprint density at radius 2 is 2.31 bits per heavy atom. The minimum absolute atomic E-state index is 0.711. The number of ether oxygens (including phenoxy) is 1. The van der Waals surface area contributed by atoms with E-state index in [9.17, 15) is 0 Å². The fourth-order valence-corrected chi connectivity index (χ4v) is 2.07. The van der Waals surface area contributed by atoms with Crippen LogP contribution in [-0.4, -0.2) is 36.0 Å². The van der Waals surface area contributed by atoms with Crippen LogP contribution in [0.15, 0.2) is 11.2 Å². The lowest BCUT2D eigenvalue weighted by Gasteiger charge is -2.07. The Morgan fingerprint density at radius 3 is 3.00 bits per heavy atom. The van der Waals surface area contributed by atoms with Crippen LogP contribution in [0, 0.1) is 6.92 Å². The van der Waals surface area contributed by atoms with Crippen LogP contribution in [0.4, 0.5) is 5.95 Å². The maximum absolute atomic E-state index is 5.01. The molecule has 0 aromatic carbocycles. The van der Waals surface area contributed by atoms with Gasteiger partial charge in [-0.25, -0.2) is 9.97 Å². The first-order valence-corrected chi connectivity index (χ1v) is 6.45. The molecular formula is C11H19N3OS. The Kier molecular flexibility index (Phi) is 6.18. The summed E-state index contributed by atoms with van der Waals surface area (Å²) in [5.41, 5.74) is 1.13. The van der Waals surface area contributed by atoms with Crippen molar-refractivity contribution in [2.75, 3.05) is 31.3 Å². The second-order valence-corrected chi connectivity index (χ2v) is 4.49. The number of anilines is 1. The molecule has 0 fully saturated rings. The molecule has 0 aliphatic heterocycles. The number of rotatable bonds is 7. The van der Waals surface area contributed by atoms with Gasteiger partial charge in [-0.15, -0.1) is 11.8 Å². The van der Waals surface area contributed by atoms with Gasteiger partial charge in [0.1, 0.15) is 5.03 Å². The van der Waals surface area contributed by atoms with E-state index in [2.05, 4.69) is 15.3 Å². The van der Waals surface area contributed by atoms with Crippen LogP contribution < -0.4 is 5.32 Å². The van der Waals surface area contributed by atoms with E-state index in [1.165, 1.54) is 0 Å². The predicted molar refractivity (Wildman–Crippen MR) is 68.1 cm³/mol. The largest absolute Gasteiger partial charge is 0.385 e. The zero-order valence-corrected chi connectivity index (χ0v) is 10.9. The highest BCUT2D eigenvalue weighted by molar-refractivity contribution is 7.99. The molecule has 16 heavy (non-hydrogen) atoms. The van der Waals surface area contributed by atoms with Crippen molar-refractivity contribution in [2.45, 2.75) is 25.3 Å². The van der Waals surface area contributed by atoms with Crippen molar-refractivity contribution in [3.63, 3.8) is 0 Å². The van der Waals surface area contributed by atoms with Crippen molar-refractivity contribution in [3.05, 3.63) is 11.8 Å². The topological polar surface area (TPSA) is 47.0 Å². The van der Waals surface area contributed by atoms with Crippen molar-refractivity contribution < 1.29 is 4.74 Å². The number of hydrogen-bond acceptors (Lipinski definition) is 5. The first kappa shape index (κ1) is 13.3. The van der Waals surface area contributed by atoms with Gasteiger partial charge < -0.3 is 10.1 Å². The highest BCUT2D eigenvalue weighted by Crippen LogP contribution is 2.21. The van der Waals surface area contributed by atoms with Gasteiger partial charge >= 0.3 is 0 Å². The lowest BCUT2D eigenvalue weighted by Crippen LogP contribution is -2.03. The third kappa shape index (κ3) is 4.37. The molecular weight excluding hydrogens is 222 g/mol. The van der Waals surface area contributed by atoms with Crippen LogP contribution >= 0.6 is 11.8 Å². The van der Waals surface area contributed by atoms with Crippen LogP contribution in [0.5, 0.6) is 0 Å².